The molecule has 1 aromatic heterocycles. The van der Waals surface area contributed by atoms with Crippen LogP contribution in [-0.4, -0.2) is 27.8 Å². The van der Waals surface area contributed by atoms with Crippen molar-refractivity contribution in [1.82, 2.24) is 9.55 Å². The largest absolute Gasteiger partial charge is 0.443 e. The molecule has 1 aromatic rings. The average Bonchev–Trinajstić information content (AvgIpc) is 2.25. The van der Waals surface area contributed by atoms with E-state index in [4.69, 9.17) is 16.3 Å². The van der Waals surface area contributed by atoms with Crippen LogP contribution in [0, 0.1) is 0 Å². The Morgan fingerprint density at radius 1 is 1.42 bits per heavy atom. The number of carbonyl (C=O) groups excluding carboxylic acids is 1. The van der Waals surface area contributed by atoms with Gasteiger partial charge in [0, 0.05) is 19.2 Å². The van der Waals surface area contributed by atoms with Crippen LogP contribution >= 0.6 is 11.6 Å². The number of ether oxygens (including phenoxy) is 1. The molecule has 0 aromatic carbocycles. The second kappa shape index (κ2) is 4.85. The maximum Gasteiger partial charge on any atom is 0.415 e. The first-order valence-corrected chi connectivity index (χ1v) is 6.43. The van der Waals surface area contributed by atoms with Crippen LogP contribution in [-0.2, 0) is 11.3 Å². The molecule has 0 atom stereocenters. The van der Waals surface area contributed by atoms with Crippen molar-refractivity contribution in [2.45, 2.75) is 39.3 Å². The third-order valence-corrected chi connectivity index (χ3v) is 2.81. The Morgan fingerprint density at radius 3 is 2.74 bits per heavy atom. The number of carbonyl (C=O) groups is 1. The van der Waals surface area contributed by atoms with Gasteiger partial charge in [-0.1, -0.05) is 11.6 Å². The molecule has 6 nitrogen and oxygen atoms in total. The Hall–Kier alpha value is -1.56. The zero-order valence-electron chi connectivity index (χ0n) is 11.1. The monoisotopic (exact) mass is 285 g/mol. The maximum atomic E-state index is 12.1. The van der Waals surface area contributed by atoms with E-state index in [0.29, 0.717) is 25.3 Å². The fourth-order valence-corrected chi connectivity index (χ4v) is 2.07. The molecule has 2 heterocycles. The maximum absolute atomic E-state index is 12.1. The van der Waals surface area contributed by atoms with E-state index in [1.165, 1.54) is 15.5 Å². The van der Waals surface area contributed by atoms with Crippen molar-refractivity contribution in [2.75, 3.05) is 11.4 Å². The minimum Gasteiger partial charge on any atom is -0.443 e. The highest BCUT2D eigenvalue weighted by Crippen LogP contribution is 2.23. The van der Waals surface area contributed by atoms with Crippen molar-refractivity contribution >= 4 is 23.5 Å². The highest BCUT2D eigenvalue weighted by atomic mass is 35.5. The molecule has 0 saturated carbocycles. The summed E-state index contributed by atoms with van der Waals surface area (Å²) in [4.78, 5) is 28.9. The van der Waals surface area contributed by atoms with Gasteiger partial charge in [-0.3, -0.25) is 9.47 Å². The zero-order chi connectivity index (χ0) is 14.2. The highest BCUT2D eigenvalue weighted by molar-refractivity contribution is 6.29. The molecule has 104 valence electrons. The molecule has 0 unspecified atom stereocenters. The fourth-order valence-electron chi connectivity index (χ4n) is 1.90. The van der Waals surface area contributed by atoms with Gasteiger partial charge in [0.05, 0.1) is 0 Å². The van der Waals surface area contributed by atoms with Crippen molar-refractivity contribution in [3.63, 3.8) is 0 Å². The Kier molecular flexibility index (Phi) is 3.54. The van der Waals surface area contributed by atoms with E-state index in [2.05, 4.69) is 4.98 Å². The predicted octanol–water partition coefficient (Wildman–Crippen LogP) is 2.04. The van der Waals surface area contributed by atoms with Gasteiger partial charge >= 0.3 is 11.8 Å². The molecule has 7 heteroatoms. The summed E-state index contributed by atoms with van der Waals surface area (Å²) in [6, 6.07) is 1.51. The number of halogens is 1. The summed E-state index contributed by atoms with van der Waals surface area (Å²) >= 11 is 5.78. The van der Waals surface area contributed by atoms with Crippen LogP contribution in [0.2, 0.25) is 5.15 Å². The van der Waals surface area contributed by atoms with E-state index in [-0.39, 0.29) is 5.15 Å². The SMILES string of the molecule is CC(C)(C)OC(=O)N1CCCn2c1cc(Cl)nc2=O. The normalized spacial score (nSPS) is 15.1. The molecule has 0 aliphatic carbocycles. The number of nitrogens with zero attached hydrogens (tertiary/aromatic N) is 3. The van der Waals surface area contributed by atoms with Crippen LogP contribution in [0.25, 0.3) is 0 Å². The summed E-state index contributed by atoms with van der Waals surface area (Å²) < 4.78 is 6.75. The predicted molar refractivity (Wildman–Crippen MR) is 71.7 cm³/mol. The lowest BCUT2D eigenvalue weighted by molar-refractivity contribution is 0.0573. The standard InChI is InChI=1S/C12H16ClN3O3/c1-12(2,3)19-11(18)16-6-4-5-15-9(16)7-8(13)14-10(15)17/h7H,4-6H2,1-3H3. The van der Waals surface area contributed by atoms with Crippen molar-refractivity contribution in [1.29, 1.82) is 0 Å². The molecular weight excluding hydrogens is 270 g/mol. The minimum absolute atomic E-state index is 0.0757. The first-order chi connectivity index (χ1) is 8.78. The van der Waals surface area contributed by atoms with Crippen LogP contribution in [0.3, 0.4) is 0 Å². The summed E-state index contributed by atoms with van der Waals surface area (Å²) in [7, 11) is 0. The molecule has 0 N–H and O–H groups in total. The van der Waals surface area contributed by atoms with Gasteiger partial charge in [-0.2, -0.15) is 4.98 Å². The third kappa shape index (κ3) is 3.07. The Balaban J connectivity index is 2.37. The lowest BCUT2D eigenvalue weighted by Crippen LogP contribution is -2.44. The van der Waals surface area contributed by atoms with Crippen molar-refractivity contribution < 1.29 is 9.53 Å². The van der Waals surface area contributed by atoms with Crippen LogP contribution in [0.1, 0.15) is 27.2 Å². The number of amides is 1. The summed E-state index contributed by atoms with van der Waals surface area (Å²) in [6.07, 6.45) is 0.192. The quantitative estimate of drug-likeness (QED) is 0.684. The highest BCUT2D eigenvalue weighted by Gasteiger charge is 2.28. The molecule has 19 heavy (non-hydrogen) atoms. The number of aromatic nitrogens is 2. The van der Waals surface area contributed by atoms with Crippen molar-refractivity contribution in [3.8, 4) is 0 Å². The van der Waals surface area contributed by atoms with Gasteiger partial charge in [-0.05, 0) is 27.2 Å². The Bertz CT molecular complexity index is 562. The van der Waals surface area contributed by atoms with Gasteiger partial charge in [-0.25, -0.2) is 9.59 Å². The Morgan fingerprint density at radius 2 is 2.11 bits per heavy atom. The van der Waals surface area contributed by atoms with E-state index < -0.39 is 17.4 Å². The second-order valence-corrected chi connectivity index (χ2v) is 5.74. The molecule has 0 spiro atoms. The van der Waals surface area contributed by atoms with Crippen molar-refractivity contribution in [2.24, 2.45) is 0 Å². The van der Waals surface area contributed by atoms with Gasteiger partial charge in [-0.15, -0.1) is 0 Å². The first kappa shape index (κ1) is 13.9. The summed E-state index contributed by atoms with van der Waals surface area (Å²) in [5.41, 5.74) is -1.04. The van der Waals surface area contributed by atoms with Gasteiger partial charge in [0.15, 0.2) is 0 Å². The van der Waals surface area contributed by atoms with Crippen LogP contribution in [0.4, 0.5) is 10.6 Å². The van der Waals surface area contributed by atoms with E-state index in [0.717, 1.165) is 0 Å². The third-order valence-electron chi connectivity index (χ3n) is 2.61. The summed E-state index contributed by atoms with van der Waals surface area (Å²) in [5, 5.41) is 0.0757. The molecule has 1 aliphatic heterocycles. The van der Waals surface area contributed by atoms with Crippen LogP contribution in [0.15, 0.2) is 10.9 Å². The molecule has 0 radical (unpaired) electrons. The van der Waals surface area contributed by atoms with Crippen molar-refractivity contribution in [3.05, 3.63) is 21.7 Å². The number of fused-ring (bicyclic) bond motifs is 1. The second-order valence-electron chi connectivity index (χ2n) is 5.36. The zero-order valence-corrected chi connectivity index (χ0v) is 11.9. The van der Waals surface area contributed by atoms with Crippen LogP contribution in [0.5, 0.6) is 0 Å². The topological polar surface area (TPSA) is 64.4 Å². The molecule has 1 aliphatic rings. The molecule has 0 bridgehead atoms. The number of anilines is 1. The molecule has 1 amide bonds. The van der Waals surface area contributed by atoms with Gasteiger partial charge in [0.1, 0.15) is 16.6 Å². The summed E-state index contributed by atoms with van der Waals surface area (Å²) in [5.74, 6) is 0.436. The van der Waals surface area contributed by atoms with E-state index in [9.17, 15) is 9.59 Å². The smallest absolute Gasteiger partial charge is 0.415 e. The first-order valence-electron chi connectivity index (χ1n) is 6.06. The van der Waals surface area contributed by atoms with Gasteiger partial charge in [0.2, 0.25) is 0 Å². The van der Waals surface area contributed by atoms with E-state index in [1.54, 1.807) is 20.8 Å². The molecule has 0 saturated heterocycles. The molecule has 0 fully saturated rings. The van der Waals surface area contributed by atoms with Gasteiger partial charge in [0.25, 0.3) is 0 Å². The van der Waals surface area contributed by atoms with E-state index >= 15 is 0 Å². The number of hydrogen-bond acceptors (Lipinski definition) is 4. The van der Waals surface area contributed by atoms with Crippen LogP contribution < -0.4 is 10.6 Å². The van der Waals surface area contributed by atoms with Gasteiger partial charge < -0.3 is 4.74 Å². The fraction of sp³-hybridized carbons (Fsp3) is 0.583. The molecule has 2 rings (SSSR count). The lowest BCUT2D eigenvalue weighted by atomic mass is 10.2. The lowest BCUT2D eigenvalue weighted by Gasteiger charge is -2.31. The number of hydrogen-bond donors (Lipinski definition) is 0. The molecular formula is C12H16ClN3O3. The minimum atomic E-state index is -0.587. The average molecular weight is 286 g/mol. The van der Waals surface area contributed by atoms with E-state index in [1.807, 2.05) is 0 Å². The summed E-state index contributed by atoms with van der Waals surface area (Å²) in [6.45, 7) is 6.40. The Labute approximate surface area is 115 Å². The number of rotatable bonds is 0.